The Morgan fingerprint density at radius 1 is 1.37 bits per heavy atom. The average Bonchev–Trinajstić information content (AvgIpc) is 3.02. The third kappa shape index (κ3) is 2.78. The molecule has 98 valence electrons. The van der Waals surface area contributed by atoms with Gasteiger partial charge in [-0.25, -0.2) is 9.97 Å². The van der Waals surface area contributed by atoms with Gasteiger partial charge in [0.2, 0.25) is 0 Å². The quantitative estimate of drug-likeness (QED) is 0.485. The highest BCUT2D eigenvalue weighted by Crippen LogP contribution is 2.21. The van der Waals surface area contributed by atoms with Gasteiger partial charge >= 0.3 is 0 Å². The molecule has 0 aliphatic heterocycles. The molecule has 0 radical (unpaired) electrons. The summed E-state index contributed by atoms with van der Waals surface area (Å²) >= 11 is 9.99. The van der Waals surface area contributed by atoms with E-state index in [-0.39, 0.29) is 0 Å². The zero-order valence-corrected chi connectivity index (χ0v) is 13.7. The Balaban J connectivity index is 1.96. The van der Waals surface area contributed by atoms with Crippen LogP contribution in [-0.2, 0) is 18.8 Å². The summed E-state index contributed by atoms with van der Waals surface area (Å²) < 4.78 is 3.38. The zero-order chi connectivity index (χ0) is 13.2. The molecule has 0 spiro atoms. The van der Waals surface area contributed by atoms with Gasteiger partial charge in [0.1, 0.15) is 5.82 Å². The second-order valence-corrected chi connectivity index (χ2v) is 6.61. The van der Waals surface area contributed by atoms with Crippen LogP contribution in [0.4, 0.5) is 0 Å². The van der Waals surface area contributed by atoms with Crippen molar-refractivity contribution in [3.05, 3.63) is 44.2 Å². The van der Waals surface area contributed by atoms with E-state index < -0.39 is 0 Å². The Morgan fingerprint density at radius 3 is 3.00 bits per heavy atom. The molecule has 0 saturated heterocycles. The van der Waals surface area contributed by atoms with E-state index in [1.807, 2.05) is 11.6 Å². The summed E-state index contributed by atoms with van der Waals surface area (Å²) in [5.41, 5.74) is 2.16. The van der Waals surface area contributed by atoms with Crippen LogP contribution in [0.2, 0.25) is 0 Å². The van der Waals surface area contributed by atoms with Crippen molar-refractivity contribution in [2.24, 2.45) is 0 Å². The second-order valence-electron chi connectivity index (χ2n) is 4.12. The number of alkyl halides is 1. The summed E-state index contributed by atoms with van der Waals surface area (Å²) in [5, 5.41) is 3.15. The molecule has 0 N–H and O–H groups in total. The van der Waals surface area contributed by atoms with Gasteiger partial charge in [-0.15, -0.1) is 22.9 Å². The Hall–Kier alpha value is -0.660. The van der Waals surface area contributed by atoms with Crippen LogP contribution in [0.5, 0.6) is 0 Å². The van der Waals surface area contributed by atoms with Crippen molar-refractivity contribution < 1.29 is 0 Å². The monoisotopic (exact) mass is 403 g/mol. The number of thiazole rings is 1. The molecular formula is C13H11ClIN3S. The highest BCUT2D eigenvalue weighted by molar-refractivity contribution is 14.1. The van der Waals surface area contributed by atoms with Crippen LogP contribution in [0.25, 0.3) is 11.0 Å². The first-order valence-electron chi connectivity index (χ1n) is 5.87. The van der Waals surface area contributed by atoms with Gasteiger partial charge in [0.05, 0.1) is 21.9 Å². The van der Waals surface area contributed by atoms with E-state index in [4.69, 9.17) is 11.6 Å². The number of halogens is 2. The van der Waals surface area contributed by atoms with Crippen LogP contribution in [0, 0.1) is 3.57 Å². The summed E-state index contributed by atoms with van der Waals surface area (Å²) in [7, 11) is 0. The van der Waals surface area contributed by atoms with Crippen LogP contribution < -0.4 is 0 Å². The van der Waals surface area contributed by atoms with E-state index in [0.29, 0.717) is 5.88 Å². The first-order valence-corrected chi connectivity index (χ1v) is 8.36. The van der Waals surface area contributed by atoms with Crippen LogP contribution in [-0.4, -0.2) is 14.5 Å². The number of nitrogens with zero attached hydrogens (tertiary/aromatic N) is 3. The standard InChI is InChI=1S/C13H11ClIN3S/c14-8-12-17-10-7-9(15)1-2-11(10)18(12)5-3-13-16-4-6-19-13/h1-2,4,6-7H,3,5,8H2. The van der Waals surface area contributed by atoms with Gasteiger partial charge in [-0.1, -0.05) is 0 Å². The van der Waals surface area contributed by atoms with E-state index in [0.717, 1.165) is 34.8 Å². The number of hydrogen-bond acceptors (Lipinski definition) is 3. The van der Waals surface area contributed by atoms with E-state index in [2.05, 4.69) is 55.3 Å². The number of aromatic nitrogens is 3. The minimum absolute atomic E-state index is 0.434. The van der Waals surface area contributed by atoms with Gasteiger partial charge in [0, 0.05) is 28.1 Å². The summed E-state index contributed by atoms with van der Waals surface area (Å²) in [6.07, 6.45) is 2.76. The Labute approximate surface area is 133 Å². The molecule has 3 rings (SSSR count). The molecule has 0 aliphatic rings. The normalized spacial score (nSPS) is 11.3. The summed E-state index contributed by atoms with van der Waals surface area (Å²) in [4.78, 5) is 8.92. The van der Waals surface area contributed by atoms with Crippen molar-refractivity contribution in [2.45, 2.75) is 18.8 Å². The molecular weight excluding hydrogens is 393 g/mol. The minimum Gasteiger partial charge on any atom is -0.327 e. The van der Waals surface area contributed by atoms with Crippen molar-refractivity contribution in [1.29, 1.82) is 0 Å². The molecule has 6 heteroatoms. The smallest absolute Gasteiger partial charge is 0.124 e. The molecule has 0 fully saturated rings. The van der Waals surface area contributed by atoms with Crippen molar-refractivity contribution in [3.8, 4) is 0 Å². The van der Waals surface area contributed by atoms with Crippen molar-refractivity contribution in [1.82, 2.24) is 14.5 Å². The van der Waals surface area contributed by atoms with E-state index in [1.165, 1.54) is 3.57 Å². The lowest BCUT2D eigenvalue weighted by Crippen LogP contribution is -2.04. The summed E-state index contributed by atoms with van der Waals surface area (Å²) in [5.74, 6) is 1.36. The summed E-state index contributed by atoms with van der Waals surface area (Å²) in [6.45, 7) is 0.868. The topological polar surface area (TPSA) is 30.7 Å². The lowest BCUT2D eigenvalue weighted by Gasteiger charge is -2.06. The van der Waals surface area contributed by atoms with Gasteiger partial charge in [-0.3, -0.25) is 0 Å². The van der Waals surface area contributed by atoms with Gasteiger partial charge < -0.3 is 4.57 Å². The first-order chi connectivity index (χ1) is 9.28. The highest BCUT2D eigenvalue weighted by atomic mass is 127. The van der Waals surface area contributed by atoms with Crippen LogP contribution in [0.15, 0.2) is 29.8 Å². The third-order valence-corrected chi connectivity index (χ3v) is 4.69. The second kappa shape index (κ2) is 5.76. The molecule has 2 heterocycles. The largest absolute Gasteiger partial charge is 0.327 e. The molecule has 0 amide bonds. The Kier molecular flexibility index (Phi) is 4.04. The first kappa shape index (κ1) is 13.3. The molecule has 0 atom stereocenters. The Morgan fingerprint density at radius 2 is 2.26 bits per heavy atom. The van der Waals surface area contributed by atoms with Crippen molar-refractivity contribution >= 4 is 56.6 Å². The molecule has 0 saturated carbocycles. The number of rotatable bonds is 4. The predicted molar refractivity (Wildman–Crippen MR) is 87.8 cm³/mol. The molecule has 1 aromatic carbocycles. The average molecular weight is 404 g/mol. The van der Waals surface area contributed by atoms with Crippen LogP contribution >= 0.6 is 45.5 Å². The molecule has 0 bridgehead atoms. The maximum atomic E-state index is 6.01. The lowest BCUT2D eigenvalue weighted by molar-refractivity contribution is 0.685. The fourth-order valence-electron chi connectivity index (χ4n) is 2.09. The Bertz CT molecular complexity index is 693. The van der Waals surface area contributed by atoms with Crippen LogP contribution in [0.1, 0.15) is 10.8 Å². The summed E-state index contributed by atoms with van der Waals surface area (Å²) in [6, 6.07) is 6.30. The van der Waals surface area contributed by atoms with Crippen LogP contribution in [0.3, 0.4) is 0 Å². The molecule has 3 nitrogen and oxygen atoms in total. The lowest BCUT2D eigenvalue weighted by atomic mass is 10.3. The molecule has 3 aromatic rings. The maximum Gasteiger partial charge on any atom is 0.124 e. The molecule has 19 heavy (non-hydrogen) atoms. The number of benzene rings is 1. The highest BCUT2D eigenvalue weighted by Gasteiger charge is 2.10. The SMILES string of the molecule is ClCc1nc2cc(I)ccc2n1CCc1nccs1. The van der Waals surface area contributed by atoms with Gasteiger partial charge in [-0.05, 0) is 40.8 Å². The molecule has 2 aromatic heterocycles. The predicted octanol–water partition coefficient (Wildman–Crippen LogP) is 4.08. The minimum atomic E-state index is 0.434. The van der Waals surface area contributed by atoms with Gasteiger partial charge in [-0.2, -0.15) is 0 Å². The van der Waals surface area contributed by atoms with E-state index >= 15 is 0 Å². The third-order valence-electron chi connectivity index (χ3n) is 2.94. The number of imidazole rings is 1. The molecule has 0 unspecified atom stereocenters. The number of hydrogen-bond donors (Lipinski definition) is 0. The van der Waals surface area contributed by atoms with Crippen molar-refractivity contribution in [2.75, 3.05) is 0 Å². The van der Waals surface area contributed by atoms with E-state index in [1.54, 1.807) is 11.3 Å². The number of fused-ring (bicyclic) bond motifs is 1. The molecule has 0 aliphatic carbocycles. The van der Waals surface area contributed by atoms with Crippen molar-refractivity contribution in [3.63, 3.8) is 0 Å². The fourth-order valence-corrected chi connectivity index (χ4v) is 3.38. The van der Waals surface area contributed by atoms with Gasteiger partial charge in [0.15, 0.2) is 0 Å². The van der Waals surface area contributed by atoms with E-state index in [9.17, 15) is 0 Å². The maximum absolute atomic E-state index is 6.01. The number of aryl methyl sites for hydroxylation is 2. The fraction of sp³-hybridized carbons (Fsp3) is 0.231. The zero-order valence-electron chi connectivity index (χ0n) is 10.0. The van der Waals surface area contributed by atoms with Gasteiger partial charge in [0.25, 0.3) is 0 Å².